The summed E-state index contributed by atoms with van der Waals surface area (Å²) < 4.78 is 15.4. The van der Waals surface area contributed by atoms with Crippen molar-refractivity contribution in [1.29, 1.82) is 0 Å². The normalized spacial score (nSPS) is 15.7. The van der Waals surface area contributed by atoms with E-state index in [0.717, 1.165) is 39.0 Å². The van der Waals surface area contributed by atoms with E-state index in [1.54, 1.807) is 17.0 Å². The van der Waals surface area contributed by atoms with E-state index < -0.39 is 6.04 Å². The van der Waals surface area contributed by atoms with Gasteiger partial charge in [-0.2, -0.15) is 0 Å². The summed E-state index contributed by atoms with van der Waals surface area (Å²) in [5, 5.41) is 4.87. The lowest BCUT2D eigenvalue weighted by atomic mass is 10.0. The number of carbonyl (C=O) groups is 2. The topological polar surface area (TPSA) is 54.3 Å². The molecule has 0 unspecified atom stereocenters. The number of nitrogens with one attached hydrogen (secondary N) is 1. The van der Waals surface area contributed by atoms with Crippen molar-refractivity contribution in [3.05, 3.63) is 95.3 Å². The lowest BCUT2D eigenvalue weighted by Crippen LogP contribution is -2.43. The number of hydrogen-bond acceptors (Lipinski definition) is 3. The summed E-state index contributed by atoms with van der Waals surface area (Å²) in [6, 6.07) is 21.0. The molecule has 3 aromatic carbocycles. The number of halogens is 1. The maximum atomic E-state index is 13.9. The predicted molar refractivity (Wildman–Crippen MR) is 138 cm³/mol. The lowest BCUT2D eigenvalue weighted by molar-refractivity contribution is -0.125. The Kier molecular flexibility index (Phi) is 6.34. The fourth-order valence-corrected chi connectivity index (χ4v) is 5.73. The first kappa shape index (κ1) is 23.2. The van der Waals surface area contributed by atoms with Crippen LogP contribution < -0.4 is 10.2 Å². The molecule has 1 atom stereocenters. The van der Waals surface area contributed by atoms with Crippen molar-refractivity contribution in [1.82, 2.24) is 9.88 Å². The Balaban J connectivity index is 1.64. The van der Waals surface area contributed by atoms with Gasteiger partial charge in [-0.1, -0.05) is 61.2 Å². The molecule has 0 radical (unpaired) electrons. The van der Waals surface area contributed by atoms with Gasteiger partial charge in [-0.15, -0.1) is 0 Å². The number of aryl methyl sites for hydroxylation is 2. The van der Waals surface area contributed by atoms with Gasteiger partial charge in [-0.05, 0) is 47.9 Å². The van der Waals surface area contributed by atoms with Crippen LogP contribution in [0.1, 0.15) is 29.7 Å². The molecule has 0 aliphatic carbocycles. The first-order valence-corrected chi connectivity index (χ1v) is 12.6. The van der Waals surface area contributed by atoms with E-state index >= 15 is 0 Å². The molecule has 0 fully saturated rings. The van der Waals surface area contributed by atoms with Gasteiger partial charge in [0.25, 0.3) is 0 Å². The highest BCUT2D eigenvalue weighted by molar-refractivity contribution is 8.00. The molecule has 0 saturated heterocycles. The number of aromatic nitrogens is 1. The molecule has 2 amide bonds. The molecule has 5 nitrogen and oxygen atoms in total. The van der Waals surface area contributed by atoms with Gasteiger partial charge in [0.05, 0.1) is 10.8 Å². The predicted octanol–water partition coefficient (Wildman–Crippen LogP) is 5.38. The number of nitrogens with zero attached hydrogens (tertiary/aromatic N) is 2. The minimum atomic E-state index is -0.842. The third-order valence-electron chi connectivity index (χ3n) is 6.45. The van der Waals surface area contributed by atoms with Crippen LogP contribution in [0.5, 0.6) is 0 Å². The summed E-state index contributed by atoms with van der Waals surface area (Å²) >= 11 is 1.47. The van der Waals surface area contributed by atoms with Crippen molar-refractivity contribution in [2.75, 3.05) is 10.7 Å². The van der Waals surface area contributed by atoms with E-state index in [1.807, 2.05) is 55.6 Å². The van der Waals surface area contributed by atoms with Gasteiger partial charge in [0, 0.05) is 35.7 Å². The van der Waals surface area contributed by atoms with E-state index in [2.05, 4.69) is 16.8 Å². The van der Waals surface area contributed by atoms with Gasteiger partial charge >= 0.3 is 0 Å². The van der Waals surface area contributed by atoms with Crippen molar-refractivity contribution in [3.8, 4) is 0 Å². The van der Waals surface area contributed by atoms with E-state index in [0.29, 0.717) is 5.69 Å². The van der Waals surface area contributed by atoms with Gasteiger partial charge in [0.15, 0.2) is 0 Å². The van der Waals surface area contributed by atoms with E-state index in [4.69, 9.17) is 0 Å². The van der Waals surface area contributed by atoms with Gasteiger partial charge in [-0.3, -0.25) is 14.5 Å². The molecule has 0 bridgehead atoms. The Morgan fingerprint density at radius 2 is 1.83 bits per heavy atom. The highest BCUT2D eigenvalue weighted by atomic mass is 32.2. The third kappa shape index (κ3) is 4.32. The van der Waals surface area contributed by atoms with Crippen LogP contribution >= 0.6 is 11.8 Å². The number of carbonyl (C=O) groups excluding carboxylic acids is 2. The van der Waals surface area contributed by atoms with E-state index in [-0.39, 0.29) is 29.9 Å². The Labute approximate surface area is 207 Å². The van der Waals surface area contributed by atoms with Crippen molar-refractivity contribution < 1.29 is 14.0 Å². The zero-order valence-electron chi connectivity index (χ0n) is 19.6. The lowest BCUT2D eigenvalue weighted by Gasteiger charge is -2.30. The summed E-state index contributed by atoms with van der Waals surface area (Å²) in [5.41, 5.74) is 4.43. The summed E-state index contributed by atoms with van der Waals surface area (Å²) in [7, 11) is 1.97. The fraction of sp³-hybridized carbons (Fsp3) is 0.214. The zero-order chi connectivity index (χ0) is 24.5. The van der Waals surface area contributed by atoms with Crippen LogP contribution in [0.25, 0.3) is 10.9 Å². The van der Waals surface area contributed by atoms with Gasteiger partial charge in [0.1, 0.15) is 11.9 Å². The second-order valence-corrected chi connectivity index (χ2v) is 9.58. The Morgan fingerprint density at radius 1 is 1.06 bits per heavy atom. The number of fused-ring (bicyclic) bond motifs is 3. The second kappa shape index (κ2) is 9.58. The van der Waals surface area contributed by atoms with Crippen LogP contribution in [0.2, 0.25) is 0 Å². The zero-order valence-corrected chi connectivity index (χ0v) is 20.4. The van der Waals surface area contributed by atoms with Gasteiger partial charge < -0.3 is 9.88 Å². The van der Waals surface area contributed by atoms with E-state index in [9.17, 15) is 14.0 Å². The third-order valence-corrected chi connectivity index (χ3v) is 7.61. The number of rotatable bonds is 5. The molecule has 178 valence electrons. The SMILES string of the molecule is CCc1cccc(N2C(=O)CSc3c(c4ccccc4n3C)[C@@H]2C(=O)NCc2ccc(F)cc2)c1. The van der Waals surface area contributed by atoms with Crippen LogP contribution in [0.3, 0.4) is 0 Å². The number of amides is 2. The molecule has 0 spiro atoms. The van der Waals surface area contributed by atoms with Crippen LogP contribution in [0.4, 0.5) is 10.1 Å². The Bertz CT molecular complexity index is 1410. The van der Waals surface area contributed by atoms with Crippen molar-refractivity contribution in [2.24, 2.45) is 7.05 Å². The molecule has 35 heavy (non-hydrogen) atoms. The summed E-state index contributed by atoms with van der Waals surface area (Å²) in [6.45, 7) is 2.30. The molecule has 1 aromatic heterocycles. The van der Waals surface area contributed by atoms with Gasteiger partial charge in [-0.25, -0.2) is 4.39 Å². The van der Waals surface area contributed by atoms with Crippen LogP contribution in [-0.2, 0) is 29.6 Å². The van der Waals surface area contributed by atoms with Gasteiger partial charge in [0.2, 0.25) is 11.8 Å². The average molecular weight is 488 g/mol. The first-order chi connectivity index (χ1) is 17.0. The van der Waals surface area contributed by atoms with Crippen LogP contribution in [-0.4, -0.2) is 22.1 Å². The molecule has 7 heteroatoms. The highest BCUT2D eigenvalue weighted by Gasteiger charge is 2.39. The number of para-hydroxylation sites is 1. The summed E-state index contributed by atoms with van der Waals surface area (Å²) in [4.78, 5) is 29.1. The molecule has 5 rings (SSSR count). The molecular weight excluding hydrogens is 461 g/mol. The second-order valence-electron chi connectivity index (χ2n) is 8.62. The molecule has 0 saturated carbocycles. The standard InChI is InChI=1S/C28H26FN3O2S/c1-3-18-7-6-8-21(15-18)32-24(33)17-35-28-25(22-9-4-5-10-23(22)31(28)2)26(32)27(34)30-16-19-11-13-20(29)14-12-19/h4-15,26H,3,16-17H2,1-2H3,(H,30,34)/t26-/m1/s1. The molecule has 1 aliphatic heterocycles. The smallest absolute Gasteiger partial charge is 0.248 e. The number of benzene rings is 3. The fourth-order valence-electron chi connectivity index (χ4n) is 4.67. The minimum absolute atomic E-state index is 0.120. The maximum absolute atomic E-state index is 13.9. The Hall–Kier alpha value is -3.58. The van der Waals surface area contributed by atoms with Crippen molar-refractivity contribution in [2.45, 2.75) is 31.0 Å². The first-order valence-electron chi connectivity index (χ1n) is 11.6. The maximum Gasteiger partial charge on any atom is 0.248 e. The quantitative estimate of drug-likeness (QED) is 0.411. The largest absolute Gasteiger partial charge is 0.350 e. The van der Waals surface area contributed by atoms with Crippen LogP contribution in [0, 0.1) is 5.82 Å². The molecule has 1 N–H and O–H groups in total. The van der Waals surface area contributed by atoms with E-state index in [1.165, 1.54) is 23.9 Å². The molecule has 2 heterocycles. The summed E-state index contributed by atoms with van der Waals surface area (Å²) in [6.07, 6.45) is 0.825. The van der Waals surface area contributed by atoms with Crippen molar-refractivity contribution >= 4 is 40.2 Å². The number of anilines is 1. The molecule has 4 aromatic rings. The monoisotopic (exact) mass is 487 g/mol. The number of thioether (sulfide) groups is 1. The minimum Gasteiger partial charge on any atom is -0.350 e. The molecule has 1 aliphatic rings. The van der Waals surface area contributed by atoms with Crippen LogP contribution in [0.15, 0.2) is 77.8 Å². The molecular formula is C28H26FN3O2S. The summed E-state index contributed by atoms with van der Waals surface area (Å²) in [5.74, 6) is -0.487. The average Bonchev–Trinajstić information content (AvgIpc) is 3.05. The Morgan fingerprint density at radius 3 is 2.60 bits per heavy atom. The highest BCUT2D eigenvalue weighted by Crippen LogP contribution is 2.43. The number of hydrogen-bond donors (Lipinski definition) is 1. The van der Waals surface area contributed by atoms with Crippen molar-refractivity contribution in [3.63, 3.8) is 0 Å².